The molecular weight excluding hydrogens is 314 g/mol. The Hall–Kier alpha value is -3.49. The molecule has 3 rings (SSSR count). The molecule has 0 aromatic carbocycles. The summed E-state index contributed by atoms with van der Waals surface area (Å²) in [7, 11) is 1.50. The number of ether oxygens (including phenoxy) is 1. The molecule has 0 atom stereocenters. The Morgan fingerprint density at radius 2 is 2.21 bits per heavy atom. The van der Waals surface area contributed by atoms with Crippen LogP contribution in [0.15, 0.2) is 47.5 Å². The molecule has 0 fully saturated rings. The van der Waals surface area contributed by atoms with Gasteiger partial charge in [-0.05, 0) is 23.8 Å². The van der Waals surface area contributed by atoms with Crippen molar-refractivity contribution in [2.45, 2.75) is 6.54 Å². The molecule has 3 aromatic rings. The van der Waals surface area contributed by atoms with E-state index in [2.05, 4.69) is 15.3 Å². The second-order valence-electron chi connectivity index (χ2n) is 4.86. The van der Waals surface area contributed by atoms with Crippen molar-refractivity contribution in [2.24, 2.45) is 0 Å². The van der Waals surface area contributed by atoms with Gasteiger partial charge in [0.25, 0.3) is 0 Å². The summed E-state index contributed by atoms with van der Waals surface area (Å²) in [5, 5.41) is 14.1. The quantitative estimate of drug-likeness (QED) is 0.559. The third-order valence-electron chi connectivity index (χ3n) is 3.36. The van der Waals surface area contributed by atoms with Crippen molar-refractivity contribution in [3.05, 3.63) is 68.8 Å². The van der Waals surface area contributed by atoms with Gasteiger partial charge in [0.05, 0.1) is 12.0 Å². The summed E-state index contributed by atoms with van der Waals surface area (Å²) in [5.74, 6) is 0.349. The molecule has 0 spiro atoms. The van der Waals surface area contributed by atoms with E-state index >= 15 is 0 Å². The molecule has 0 amide bonds. The van der Waals surface area contributed by atoms with Gasteiger partial charge in [-0.1, -0.05) is 6.07 Å². The number of pyridine rings is 2. The highest BCUT2D eigenvalue weighted by Gasteiger charge is 2.23. The van der Waals surface area contributed by atoms with Crippen molar-refractivity contribution >= 4 is 17.2 Å². The van der Waals surface area contributed by atoms with Gasteiger partial charge in [-0.2, -0.15) is 0 Å². The third-order valence-corrected chi connectivity index (χ3v) is 3.36. The van der Waals surface area contributed by atoms with E-state index in [9.17, 15) is 14.9 Å². The number of methoxy groups -OCH3 is 1. The summed E-state index contributed by atoms with van der Waals surface area (Å²) < 4.78 is 6.17. The lowest BCUT2D eigenvalue weighted by molar-refractivity contribution is -0.385. The second kappa shape index (κ2) is 6.32. The van der Waals surface area contributed by atoms with Crippen molar-refractivity contribution in [2.75, 3.05) is 12.4 Å². The van der Waals surface area contributed by atoms with E-state index in [0.29, 0.717) is 11.5 Å². The average molecular weight is 327 g/mol. The number of hydrogen-bond donors (Lipinski definition) is 1. The van der Waals surface area contributed by atoms with E-state index in [1.807, 2.05) is 0 Å². The van der Waals surface area contributed by atoms with E-state index in [1.165, 1.54) is 13.3 Å². The molecule has 0 aliphatic heterocycles. The number of fused-ring (bicyclic) bond motifs is 1. The number of hydrogen-bond acceptors (Lipinski definition) is 7. The van der Waals surface area contributed by atoms with Crippen LogP contribution in [0.25, 0.3) is 5.65 Å². The zero-order valence-electron chi connectivity index (χ0n) is 12.7. The molecule has 0 radical (unpaired) electrons. The lowest BCUT2D eigenvalue weighted by Gasteiger charge is -2.08. The summed E-state index contributed by atoms with van der Waals surface area (Å²) in [6.45, 7) is 0.231. The Kier molecular flexibility index (Phi) is 4.06. The maximum Gasteiger partial charge on any atom is 0.376 e. The van der Waals surface area contributed by atoms with E-state index in [4.69, 9.17) is 4.74 Å². The van der Waals surface area contributed by atoms with E-state index < -0.39 is 16.2 Å². The van der Waals surface area contributed by atoms with Gasteiger partial charge in [0.15, 0.2) is 0 Å². The SMILES string of the molecule is COc1cc(CNc2nc3ccccn3c(=O)c2[N+](=O)[O-])ccn1. The normalized spacial score (nSPS) is 10.5. The van der Waals surface area contributed by atoms with Crippen LogP contribution in [0.2, 0.25) is 0 Å². The molecule has 0 saturated heterocycles. The van der Waals surface area contributed by atoms with Gasteiger partial charge in [-0.15, -0.1) is 0 Å². The molecule has 3 heterocycles. The second-order valence-corrected chi connectivity index (χ2v) is 4.86. The van der Waals surface area contributed by atoms with Crippen LogP contribution in [0, 0.1) is 10.1 Å². The topological polar surface area (TPSA) is 112 Å². The first-order valence-electron chi connectivity index (χ1n) is 6.98. The molecule has 0 saturated carbocycles. The van der Waals surface area contributed by atoms with Crippen LogP contribution < -0.4 is 15.6 Å². The Labute approximate surface area is 135 Å². The van der Waals surface area contributed by atoms with Crippen molar-refractivity contribution in [1.82, 2.24) is 14.4 Å². The fourth-order valence-electron chi connectivity index (χ4n) is 2.23. The summed E-state index contributed by atoms with van der Waals surface area (Å²) >= 11 is 0. The summed E-state index contributed by atoms with van der Waals surface area (Å²) in [6, 6.07) is 8.33. The molecule has 9 nitrogen and oxygen atoms in total. The first-order chi connectivity index (χ1) is 11.6. The van der Waals surface area contributed by atoms with Crippen LogP contribution in [0.5, 0.6) is 5.88 Å². The monoisotopic (exact) mass is 327 g/mol. The summed E-state index contributed by atoms with van der Waals surface area (Å²) in [5.41, 5.74) is -0.228. The molecular formula is C15H13N5O4. The van der Waals surface area contributed by atoms with Gasteiger partial charge >= 0.3 is 11.2 Å². The van der Waals surface area contributed by atoms with Crippen LogP contribution in [-0.2, 0) is 6.54 Å². The highest BCUT2D eigenvalue weighted by atomic mass is 16.6. The van der Waals surface area contributed by atoms with Crippen molar-refractivity contribution in [1.29, 1.82) is 0 Å². The Morgan fingerprint density at radius 1 is 1.38 bits per heavy atom. The first-order valence-corrected chi connectivity index (χ1v) is 6.98. The predicted molar refractivity (Wildman–Crippen MR) is 86.2 cm³/mol. The maximum absolute atomic E-state index is 12.3. The minimum atomic E-state index is -0.736. The van der Waals surface area contributed by atoms with Gasteiger partial charge in [0.1, 0.15) is 5.65 Å². The molecule has 24 heavy (non-hydrogen) atoms. The van der Waals surface area contributed by atoms with Gasteiger partial charge < -0.3 is 10.1 Å². The van der Waals surface area contributed by atoms with Gasteiger partial charge in [-0.3, -0.25) is 19.3 Å². The number of nitro groups is 1. The lowest BCUT2D eigenvalue weighted by Crippen LogP contribution is -2.21. The predicted octanol–water partition coefficient (Wildman–Crippen LogP) is 1.62. The number of anilines is 1. The van der Waals surface area contributed by atoms with Gasteiger partial charge in [0.2, 0.25) is 11.7 Å². The molecule has 3 aromatic heterocycles. The molecule has 122 valence electrons. The van der Waals surface area contributed by atoms with Crippen LogP contribution in [0.1, 0.15) is 5.56 Å². The van der Waals surface area contributed by atoms with Crippen molar-refractivity contribution in [3.63, 3.8) is 0 Å². The Morgan fingerprint density at radius 3 is 2.96 bits per heavy atom. The summed E-state index contributed by atoms with van der Waals surface area (Å²) in [4.78, 5) is 31.0. The van der Waals surface area contributed by atoms with Crippen LogP contribution in [-0.4, -0.2) is 26.4 Å². The van der Waals surface area contributed by atoms with Crippen molar-refractivity contribution < 1.29 is 9.66 Å². The first kappa shape index (κ1) is 15.4. The highest BCUT2D eigenvalue weighted by molar-refractivity contribution is 5.59. The minimum absolute atomic E-state index is 0.0769. The maximum atomic E-state index is 12.3. The Balaban J connectivity index is 2.00. The molecule has 0 aliphatic carbocycles. The fraction of sp³-hybridized carbons (Fsp3) is 0.133. The number of rotatable bonds is 5. The zero-order chi connectivity index (χ0) is 17.1. The van der Waals surface area contributed by atoms with Crippen LogP contribution in [0.4, 0.5) is 11.5 Å². The molecule has 1 N–H and O–H groups in total. The molecule has 0 bridgehead atoms. The van der Waals surface area contributed by atoms with E-state index in [1.54, 1.807) is 36.5 Å². The molecule has 0 aliphatic rings. The van der Waals surface area contributed by atoms with E-state index in [0.717, 1.165) is 9.96 Å². The minimum Gasteiger partial charge on any atom is -0.481 e. The number of aromatic nitrogens is 3. The van der Waals surface area contributed by atoms with Gasteiger partial charge in [-0.25, -0.2) is 9.97 Å². The van der Waals surface area contributed by atoms with Gasteiger partial charge in [0, 0.05) is 25.0 Å². The zero-order valence-corrected chi connectivity index (χ0v) is 12.7. The highest BCUT2D eigenvalue weighted by Crippen LogP contribution is 2.19. The standard InChI is InChI=1S/C15H13N5O4/c1-24-12-8-10(5-6-16-12)9-17-14-13(20(22)23)15(21)19-7-3-2-4-11(19)18-14/h2-8,17H,9H2,1H3. The van der Waals surface area contributed by atoms with Crippen LogP contribution >= 0.6 is 0 Å². The summed E-state index contributed by atoms with van der Waals surface area (Å²) in [6.07, 6.45) is 3.00. The lowest BCUT2D eigenvalue weighted by atomic mass is 10.2. The van der Waals surface area contributed by atoms with Crippen LogP contribution in [0.3, 0.4) is 0 Å². The Bertz CT molecular complexity index is 969. The van der Waals surface area contributed by atoms with E-state index in [-0.39, 0.29) is 12.4 Å². The van der Waals surface area contributed by atoms with Crippen molar-refractivity contribution in [3.8, 4) is 5.88 Å². The largest absolute Gasteiger partial charge is 0.481 e. The smallest absolute Gasteiger partial charge is 0.376 e. The number of nitrogens with zero attached hydrogens (tertiary/aromatic N) is 4. The molecule has 9 heteroatoms. The fourth-order valence-corrected chi connectivity index (χ4v) is 2.23. The number of nitrogens with one attached hydrogen (secondary N) is 1. The third kappa shape index (κ3) is 2.86. The molecule has 0 unspecified atom stereocenters. The average Bonchev–Trinajstić information content (AvgIpc) is 2.60.